The Bertz CT molecular complexity index is 1230. The summed E-state index contributed by atoms with van der Waals surface area (Å²) in [5, 5.41) is 0.931. The molecular weight excluding hydrogens is 454 g/mol. The van der Waals surface area contributed by atoms with E-state index in [4.69, 9.17) is 19.2 Å². The Balaban J connectivity index is 1.41. The summed E-state index contributed by atoms with van der Waals surface area (Å²) in [5.41, 5.74) is 4.30. The van der Waals surface area contributed by atoms with E-state index in [1.54, 1.807) is 11.8 Å². The van der Waals surface area contributed by atoms with Crippen molar-refractivity contribution in [2.75, 3.05) is 12.9 Å². The topological polar surface area (TPSA) is 58.4 Å². The van der Waals surface area contributed by atoms with Gasteiger partial charge in [-0.05, 0) is 62.8 Å². The predicted molar refractivity (Wildman–Crippen MR) is 133 cm³/mol. The van der Waals surface area contributed by atoms with Crippen LogP contribution >= 0.6 is 23.3 Å². The van der Waals surface area contributed by atoms with Crippen molar-refractivity contribution < 1.29 is 14.2 Å². The number of nitrogens with zero attached hydrogens (tertiary/aromatic N) is 3. The molecule has 5 rings (SSSR count). The zero-order valence-electron chi connectivity index (χ0n) is 19.1. The lowest BCUT2D eigenvalue weighted by Crippen LogP contribution is -2.32. The van der Waals surface area contributed by atoms with Crippen molar-refractivity contribution >= 4 is 33.6 Å². The summed E-state index contributed by atoms with van der Waals surface area (Å²) in [4.78, 5) is 5.84. The van der Waals surface area contributed by atoms with E-state index in [1.807, 2.05) is 49.6 Å². The third-order valence-electron chi connectivity index (χ3n) is 5.84. The molecule has 1 fully saturated rings. The number of benzene rings is 2. The largest absolute Gasteiger partial charge is 0.491 e. The maximum Gasteiger partial charge on any atom is 0.171 e. The molecule has 0 aliphatic carbocycles. The second-order valence-electron chi connectivity index (χ2n) is 8.35. The SMILES string of the molecule is CSc1nc2c(C)nsc2n1[C@H]1C[C@H](Oc2ccc(C)cc2)[C@@H](COc2ccc(C)cc2)O1. The van der Waals surface area contributed by atoms with Gasteiger partial charge in [-0.3, -0.25) is 4.57 Å². The molecule has 0 saturated carbocycles. The lowest BCUT2D eigenvalue weighted by Gasteiger charge is -2.20. The molecule has 3 heterocycles. The normalized spacial score (nSPS) is 20.4. The summed E-state index contributed by atoms with van der Waals surface area (Å²) in [6.07, 6.45) is 2.17. The van der Waals surface area contributed by atoms with Gasteiger partial charge in [0.2, 0.25) is 0 Å². The van der Waals surface area contributed by atoms with Crippen molar-refractivity contribution in [1.29, 1.82) is 0 Å². The molecule has 2 aromatic carbocycles. The van der Waals surface area contributed by atoms with E-state index in [2.05, 4.69) is 34.9 Å². The van der Waals surface area contributed by atoms with Crippen LogP contribution < -0.4 is 9.47 Å². The van der Waals surface area contributed by atoms with Gasteiger partial charge in [0.05, 0.1) is 5.69 Å². The molecule has 0 unspecified atom stereocenters. The van der Waals surface area contributed by atoms with E-state index in [0.29, 0.717) is 13.0 Å². The van der Waals surface area contributed by atoms with E-state index < -0.39 is 0 Å². The van der Waals surface area contributed by atoms with Crippen LogP contribution in [0.1, 0.15) is 29.5 Å². The number of fused-ring (bicyclic) bond motifs is 1. The van der Waals surface area contributed by atoms with Crippen molar-refractivity contribution in [1.82, 2.24) is 13.9 Å². The zero-order valence-corrected chi connectivity index (χ0v) is 20.8. The first-order valence-corrected chi connectivity index (χ1v) is 13.0. The van der Waals surface area contributed by atoms with Crippen LogP contribution in [0.25, 0.3) is 10.3 Å². The van der Waals surface area contributed by atoms with Crippen LogP contribution in [0.5, 0.6) is 11.5 Å². The average Bonchev–Trinajstić information content (AvgIpc) is 3.49. The van der Waals surface area contributed by atoms with Gasteiger partial charge in [-0.1, -0.05) is 47.2 Å². The third-order valence-corrected chi connectivity index (χ3v) is 7.42. The number of aromatic nitrogens is 3. The van der Waals surface area contributed by atoms with Crippen molar-refractivity contribution in [3.63, 3.8) is 0 Å². The Morgan fingerprint density at radius 2 is 1.70 bits per heavy atom. The Morgan fingerprint density at radius 3 is 2.36 bits per heavy atom. The molecule has 0 N–H and O–H groups in total. The fraction of sp³-hybridized carbons (Fsp3) is 0.360. The van der Waals surface area contributed by atoms with Crippen LogP contribution in [-0.2, 0) is 4.74 Å². The van der Waals surface area contributed by atoms with Crippen LogP contribution in [0.4, 0.5) is 0 Å². The molecule has 1 saturated heterocycles. The number of hydrogen-bond donors (Lipinski definition) is 0. The minimum absolute atomic E-state index is 0.149. The lowest BCUT2D eigenvalue weighted by atomic mass is 10.1. The lowest BCUT2D eigenvalue weighted by molar-refractivity contribution is -0.0367. The van der Waals surface area contributed by atoms with Crippen molar-refractivity contribution in [2.24, 2.45) is 0 Å². The summed E-state index contributed by atoms with van der Waals surface area (Å²) in [6, 6.07) is 16.2. The quantitative estimate of drug-likeness (QED) is 0.304. The molecule has 1 aliphatic heterocycles. The first-order chi connectivity index (χ1) is 16.0. The molecule has 2 aromatic heterocycles. The van der Waals surface area contributed by atoms with E-state index in [-0.39, 0.29) is 18.4 Å². The van der Waals surface area contributed by atoms with Crippen LogP contribution in [0.3, 0.4) is 0 Å². The van der Waals surface area contributed by atoms with Gasteiger partial charge in [-0.15, -0.1) is 0 Å². The molecule has 33 heavy (non-hydrogen) atoms. The van der Waals surface area contributed by atoms with Gasteiger partial charge < -0.3 is 14.2 Å². The highest BCUT2D eigenvalue weighted by atomic mass is 32.2. The minimum atomic E-state index is -0.223. The highest BCUT2D eigenvalue weighted by molar-refractivity contribution is 7.98. The number of ether oxygens (including phenoxy) is 3. The number of imidazole rings is 1. The molecular formula is C25H27N3O3S2. The average molecular weight is 482 g/mol. The number of thioether (sulfide) groups is 1. The number of hydrogen-bond acceptors (Lipinski definition) is 7. The van der Waals surface area contributed by atoms with Crippen LogP contribution in [-0.4, -0.2) is 39.0 Å². The van der Waals surface area contributed by atoms with E-state index >= 15 is 0 Å². The highest BCUT2D eigenvalue weighted by Crippen LogP contribution is 2.39. The van der Waals surface area contributed by atoms with Crippen LogP contribution in [0.2, 0.25) is 0 Å². The molecule has 172 valence electrons. The Morgan fingerprint density at radius 1 is 1.03 bits per heavy atom. The Kier molecular flexibility index (Phi) is 6.32. The monoisotopic (exact) mass is 481 g/mol. The maximum absolute atomic E-state index is 6.56. The van der Waals surface area contributed by atoms with Gasteiger partial charge >= 0.3 is 0 Å². The number of rotatable bonds is 7. The summed E-state index contributed by atoms with van der Waals surface area (Å²) in [5.74, 6) is 1.67. The zero-order chi connectivity index (χ0) is 22.9. The van der Waals surface area contributed by atoms with Crippen LogP contribution in [0.15, 0.2) is 53.7 Å². The fourth-order valence-corrected chi connectivity index (χ4v) is 5.54. The van der Waals surface area contributed by atoms with Gasteiger partial charge in [0, 0.05) is 6.42 Å². The van der Waals surface area contributed by atoms with E-state index in [1.165, 1.54) is 22.7 Å². The molecule has 0 radical (unpaired) electrons. The van der Waals surface area contributed by atoms with Crippen molar-refractivity contribution in [2.45, 2.75) is 50.8 Å². The summed E-state index contributed by atoms with van der Waals surface area (Å²) < 4.78 is 25.7. The molecule has 0 amide bonds. The van der Waals surface area contributed by atoms with Gasteiger partial charge in [0.1, 0.15) is 46.9 Å². The smallest absolute Gasteiger partial charge is 0.171 e. The highest BCUT2D eigenvalue weighted by Gasteiger charge is 2.40. The molecule has 1 aliphatic rings. The molecule has 6 nitrogen and oxygen atoms in total. The maximum atomic E-state index is 6.56. The fourth-order valence-electron chi connectivity index (χ4n) is 4.01. The second kappa shape index (κ2) is 9.37. The standard InChI is InChI=1S/C25H27N3O3S2/c1-15-5-9-18(10-6-15)29-14-21-20(30-19-11-7-16(2)8-12-19)13-22(31-21)28-24-23(17(3)27-33-24)26-25(28)32-4/h5-12,20-22H,13-14H2,1-4H3/t20-,21+,22+/m0/s1. The third kappa shape index (κ3) is 4.60. The first kappa shape index (κ1) is 22.3. The van der Waals surface area contributed by atoms with Crippen LogP contribution in [0, 0.1) is 20.8 Å². The van der Waals surface area contributed by atoms with Gasteiger partial charge in [0.25, 0.3) is 0 Å². The number of aryl methyl sites for hydroxylation is 3. The van der Waals surface area contributed by atoms with Gasteiger partial charge in [0.15, 0.2) is 5.16 Å². The Labute approximate surface area is 202 Å². The molecule has 4 aromatic rings. The second-order valence-corrected chi connectivity index (χ2v) is 9.87. The predicted octanol–water partition coefficient (Wildman–Crippen LogP) is 5.95. The molecule has 0 bridgehead atoms. The summed E-state index contributed by atoms with van der Waals surface area (Å²) in [7, 11) is 0. The first-order valence-electron chi connectivity index (χ1n) is 11.0. The molecule has 0 spiro atoms. The van der Waals surface area contributed by atoms with E-state index in [9.17, 15) is 0 Å². The minimum Gasteiger partial charge on any atom is -0.491 e. The summed E-state index contributed by atoms with van der Waals surface area (Å²) >= 11 is 3.09. The Hall–Kier alpha value is -2.55. The van der Waals surface area contributed by atoms with Gasteiger partial charge in [-0.25, -0.2) is 4.98 Å². The summed E-state index contributed by atoms with van der Waals surface area (Å²) in [6.45, 7) is 6.54. The van der Waals surface area contributed by atoms with Crippen molar-refractivity contribution in [3.05, 3.63) is 65.4 Å². The van der Waals surface area contributed by atoms with E-state index in [0.717, 1.165) is 32.7 Å². The molecule has 3 atom stereocenters. The molecule has 8 heteroatoms. The van der Waals surface area contributed by atoms with Crippen molar-refractivity contribution in [3.8, 4) is 11.5 Å². The van der Waals surface area contributed by atoms with Gasteiger partial charge in [-0.2, -0.15) is 4.37 Å².